The van der Waals surface area contributed by atoms with Crippen LogP contribution in [0.4, 0.5) is 10.2 Å². The van der Waals surface area contributed by atoms with Crippen LogP contribution in [-0.4, -0.2) is 29.3 Å². The van der Waals surface area contributed by atoms with Crippen LogP contribution in [0.1, 0.15) is 57.4 Å². The van der Waals surface area contributed by atoms with Crippen LogP contribution in [0.15, 0.2) is 54.7 Å². The van der Waals surface area contributed by atoms with Crippen molar-refractivity contribution in [3.05, 3.63) is 82.8 Å². The minimum atomic E-state index is -0.774. The standard InChI is InChI=1S/C26H27FN4O3/c1-15-19(12-17(13-21(15)27)25(34)31-22-7-5-6-10-29-22)18-9-8-16(11-20(18)23(28)32)24(33)30-14-26(2,3)4/h5-13H,14H2,1-4H3,(H2,28,32)(H,30,33)(H,29,31,34). The molecular formula is C26H27FN4O3. The predicted molar refractivity (Wildman–Crippen MR) is 129 cm³/mol. The van der Waals surface area contributed by atoms with Gasteiger partial charge in [0.15, 0.2) is 0 Å². The van der Waals surface area contributed by atoms with E-state index in [1.54, 1.807) is 25.1 Å². The zero-order chi connectivity index (χ0) is 25.0. The molecule has 0 aliphatic heterocycles. The number of nitrogens with one attached hydrogen (secondary N) is 2. The van der Waals surface area contributed by atoms with Crippen LogP contribution in [0.25, 0.3) is 11.1 Å². The van der Waals surface area contributed by atoms with Gasteiger partial charge in [-0.3, -0.25) is 14.4 Å². The van der Waals surface area contributed by atoms with Gasteiger partial charge in [0, 0.05) is 29.4 Å². The maximum absolute atomic E-state index is 14.8. The zero-order valence-electron chi connectivity index (χ0n) is 19.5. The summed E-state index contributed by atoms with van der Waals surface area (Å²) in [4.78, 5) is 41.6. The second-order valence-corrected chi connectivity index (χ2v) is 9.17. The van der Waals surface area contributed by atoms with Crippen molar-refractivity contribution in [1.29, 1.82) is 0 Å². The minimum Gasteiger partial charge on any atom is -0.366 e. The Hall–Kier alpha value is -4.07. The van der Waals surface area contributed by atoms with E-state index in [4.69, 9.17) is 5.73 Å². The topological polar surface area (TPSA) is 114 Å². The lowest BCUT2D eigenvalue weighted by Crippen LogP contribution is -2.32. The summed E-state index contributed by atoms with van der Waals surface area (Å²) in [7, 11) is 0. The number of primary amides is 1. The molecule has 1 aromatic heterocycles. The van der Waals surface area contributed by atoms with Crippen molar-refractivity contribution < 1.29 is 18.8 Å². The normalized spacial score (nSPS) is 11.1. The van der Waals surface area contributed by atoms with Gasteiger partial charge in [-0.05, 0) is 65.4 Å². The number of pyridine rings is 1. The van der Waals surface area contributed by atoms with Gasteiger partial charge in [-0.2, -0.15) is 0 Å². The highest BCUT2D eigenvalue weighted by Gasteiger charge is 2.20. The fraction of sp³-hybridized carbons (Fsp3) is 0.231. The maximum Gasteiger partial charge on any atom is 0.256 e. The second kappa shape index (κ2) is 9.82. The van der Waals surface area contributed by atoms with E-state index in [1.165, 1.54) is 30.5 Å². The van der Waals surface area contributed by atoms with Gasteiger partial charge in [-0.1, -0.05) is 32.9 Å². The molecule has 2 aromatic carbocycles. The van der Waals surface area contributed by atoms with Crippen molar-refractivity contribution in [2.24, 2.45) is 11.1 Å². The Bertz CT molecular complexity index is 1250. The van der Waals surface area contributed by atoms with Crippen LogP contribution in [0.5, 0.6) is 0 Å². The third-order valence-electron chi connectivity index (χ3n) is 5.13. The molecule has 0 aliphatic carbocycles. The first kappa shape index (κ1) is 24.6. The Morgan fingerprint density at radius 2 is 1.71 bits per heavy atom. The number of amides is 3. The number of halogens is 1. The molecule has 0 unspecified atom stereocenters. The minimum absolute atomic E-state index is 0.0474. The van der Waals surface area contributed by atoms with E-state index in [0.717, 1.165) is 6.07 Å². The summed E-state index contributed by atoms with van der Waals surface area (Å²) in [5, 5.41) is 5.43. The van der Waals surface area contributed by atoms with Crippen molar-refractivity contribution in [3.8, 4) is 11.1 Å². The molecule has 3 aromatic rings. The number of nitrogens with zero attached hydrogens (tertiary/aromatic N) is 1. The predicted octanol–water partition coefficient (Wildman–Crippen LogP) is 4.32. The zero-order valence-corrected chi connectivity index (χ0v) is 19.5. The van der Waals surface area contributed by atoms with Crippen LogP contribution in [0.2, 0.25) is 0 Å². The number of anilines is 1. The van der Waals surface area contributed by atoms with Crippen LogP contribution in [0.3, 0.4) is 0 Å². The van der Waals surface area contributed by atoms with Crippen molar-refractivity contribution in [2.75, 3.05) is 11.9 Å². The van der Waals surface area contributed by atoms with Crippen molar-refractivity contribution in [3.63, 3.8) is 0 Å². The van der Waals surface area contributed by atoms with Crippen LogP contribution in [0, 0.1) is 18.2 Å². The molecule has 0 radical (unpaired) electrons. The quantitative estimate of drug-likeness (QED) is 0.506. The molecule has 1 heterocycles. The third-order valence-corrected chi connectivity index (χ3v) is 5.13. The number of benzene rings is 2. The van der Waals surface area contributed by atoms with E-state index < -0.39 is 17.6 Å². The highest BCUT2D eigenvalue weighted by Crippen LogP contribution is 2.31. The van der Waals surface area contributed by atoms with E-state index in [2.05, 4.69) is 15.6 Å². The van der Waals surface area contributed by atoms with Crippen LogP contribution < -0.4 is 16.4 Å². The van der Waals surface area contributed by atoms with E-state index in [9.17, 15) is 18.8 Å². The van der Waals surface area contributed by atoms with Gasteiger partial charge < -0.3 is 16.4 Å². The Balaban J connectivity index is 2.00. The largest absolute Gasteiger partial charge is 0.366 e. The molecule has 3 amide bonds. The Labute approximate surface area is 197 Å². The summed E-state index contributed by atoms with van der Waals surface area (Å²) >= 11 is 0. The lowest BCUT2D eigenvalue weighted by molar-refractivity contribution is 0.0938. The molecular weight excluding hydrogens is 435 g/mol. The van der Waals surface area contributed by atoms with Gasteiger partial charge in [0.2, 0.25) is 5.91 Å². The average Bonchev–Trinajstić information content (AvgIpc) is 2.79. The molecule has 0 aliphatic rings. The highest BCUT2D eigenvalue weighted by atomic mass is 19.1. The first-order valence-electron chi connectivity index (χ1n) is 10.7. The number of carbonyl (C=O) groups excluding carboxylic acids is 3. The molecule has 0 atom stereocenters. The Kier molecular flexibility index (Phi) is 7.10. The van der Waals surface area contributed by atoms with Gasteiger partial charge in [0.25, 0.3) is 11.8 Å². The summed E-state index contributed by atoms with van der Waals surface area (Å²) < 4.78 is 14.8. The molecule has 176 valence electrons. The SMILES string of the molecule is Cc1c(F)cc(C(=O)Nc2ccccn2)cc1-c1ccc(C(=O)NCC(C)(C)C)cc1C(N)=O. The Morgan fingerprint density at radius 3 is 2.32 bits per heavy atom. The van der Waals surface area contributed by atoms with Crippen molar-refractivity contribution in [1.82, 2.24) is 10.3 Å². The van der Waals surface area contributed by atoms with Gasteiger partial charge in [-0.15, -0.1) is 0 Å². The second-order valence-electron chi connectivity index (χ2n) is 9.17. The number of hydrogen-bond acceptors (Lipinski definition) is 4. The molecule has 0 saturated carbocycles. The average molecular weight is 463 g/mol. The van der Waals surface area contributed by atoms with Crippen molar-refractivity contribution in [2.45, 2.75) is 27.7 Å². The van der Waals surface area contributed by atoms with Gasteiger partial charge in [0.1, 0.15) is 11.6 Å². The maximum atomic E-state index is 14.8. The number of aromatic nitrogens is 1. The van der Waals surface area contributed by atoms with E-state index in [1.807, 2.05) is 20.8 Å². The molecule has 0 spiro atoms. The lowest BCUT2D eigenvalue weighted by Gasteiger charge is -2.19. The molecule has 0 fully saturated rings. The lowest BCUT2D eigenvalue weighted by atomic mass is 9.92. The Morgan fingerprint density at radius 1 is 0.971 bits per heavy atom. The number of hydrogen-bond donors (Lipinski definition) is 3. The van der Waals surface area contributed by atoms with E-state index >= 15 is 0 Å². The van der Waals surface area contributed by atoms with E-state index in [0.29, 0.717) is 23.5 Å². The third kappa shape index (κ3) is 5.83. The number of nitrogens with two attached hydrogens (primary N) is 1. The number of carbonyl (C=O) groups is 3. The molecule has 34 heavy (non-hydrogen) atoms. The highest BCUT2D eigenvalue weighted by molar-refractivity contribution is 6.07. The first-order chi connectivity index (χ1) is 16.0. The van der Waals surface area contributed by atoms with Gasteiger partial charge >= 0.3 is 0 Å². The van der Waals surface area contributed by atoms with Crippen LogP contribution in [-0.2, 0) is 0 Å². The molecule has 3 rings (SSSR count). The molecule has 8 heteroatoms. The summed E-state index contributed by atoms with van der Waals surface area (Å²) in [6.45, 7) is 7.94. The molecule has 0 bridgehead atoms. The molecule has 0 saturated heterocycles. The van der Waals surface area contributed by atoms with Gasteiger partial charge in [-0.25, -0.2) is 9.37 Å². The monoisotopic (exact) mass is 462 g/mol. The fourth-order valence-corrected chi connectivity index (χ4v) is 3.29. The number of rotatable bonds is 6. The van der Waals surface area contributed by atoms with Crippen LogP contribution >= 0.6 is 0 Å². The fourth-order valence-electron chi connectivity index (χ4n) is 3.29. The van der Waals surface area contributed by atoms with Crippen molar-refractivity contribution >= 4 is 23.5 Å². The van der Waals surface area contributed by atoms with E-state index in [-0.39, 0.29) is 33.6 Å². The summed E-state index contributed by atoms with van der Waals surface area (Å²) in [5.74, 6) is -1.98. The summed E-state index contributed by atoms with van der Waals surface area (Å²) in [6, 6.07) is 12.1. The summed E-state index contributed by atoms with van der Waals surface area (Å²) in [5.41, 5.74) is 6.71. The van der Waals surface area contributed by atoms with Gasteiger partial charge in [0.05, 0.1) is 0 Å². The molecule has 7 nitrogen and oxygen atoms in total. The smallest absolute Gasteiger partial charge is 0.256 e. The molecule has 4 N–H and O–H groups in total. The summed E-state index contributed by atoms with van der Waals surface area (Å²) in [6.07, 6.45) is 1.52. The first-order valence-corrected chi connectivity index (χ1v) is 10.7.